The highest BCUT2D eigenvalue weighted by atomic mass is 19.1. The summed E-state index contributed by atoms with van der Waals surface area (Å²) < 4.78 is 31.9. The molecule has 1 aliphatic heterocycles. The van der Waals surface area contributed by atoms with Gasteiger partial charge in [-0.25, -0.2) is 4.39 Å². The second-order valence-electron chi connectivity index (χ2n) is 7.43. The summed E-state index contributed by atoms with van der Waals surface area (Å²) >= 11 is 0. The van der Waals surface area contributed by atoms with E-state index in [2.05, 4.69) is 0 Å². The maximum absolute atomic E-state index is 15.0. The fourth-order valence-electron chi connectivity index (χ4n) is 4.13. The van der Waals surface area contributed by atoms with Gasteiger partial charge in [0.1, 0.15) is 11.6 Å². The van der Waals surface area contributed by atoms with Gasteiger partial charge in [-0.3, -0.25) is 4.79 Å². The van der Waals surface area contributed by atoms with E-state index in [0.29, 0.717) is 41.7 Å². The molecule has 0 saturated carbocycles. The lowest BCUT2D eigenvalue weighted by atomic mass is 9.86. The molecule has 32 heavy (non-hydrogen) atoms. The van der Waals surface area contributed by atoms with Gasteiger partial charge in [-0.15, -0.1) is 0 Å². The number of hydrogen-bond acceptors (Lipinski definition) is 4. The molecule has 3 aromatic rings. The van der Waals surface area contributed by atoms with Crippen LogP contribution in [0.5, 0.6) is 17.2 Å². The van der Waals surface area contributed by atoms with E-state index < -0.39 is 6.04 Å². The van der Waals surface area contributed by atoms with Gasteiger partial charge in [0.15, 0.2) is 11.5 Å². The number of fused-ring (bicyclic) bond motifs is 1. The molecule has 0 N–H and O–H groups in total. The second kappa shape index (κ2) is 9.30. The SMILES string of the molecule is CCOc1cc2c(cc1OCC)C(c1ccccc1F)N(c1ccc(OC)cc1)C(=O)C2. The van der Waals surface area contributed by atoms with Crippen LogP contribution in [0.3, 0.4) is 0 Å². The number of hydrogen-bond donors (Lipinski definition) is 0. The standard InChI is InChI=1S/C26H26FNO4/c1-4-31-23-14-17-15-25(29)28(18-10-12-19(30-3)13-11-18)26(20-8-6-7-9-22(20)27)21(17)16-24(23)32-5-2/h6-14,16,26H,4-5,15H2,1-3H3. The molecule has 1 unspecified atom stereocenters. The van der Waals surface area contributed by atoms with Crippen molar-refractivity contribution in [2.75, 3.05) is 25.2 Å². The summed E-state index contributed by atoms with van der Waals surface area (Å²) in [6.45, 7) is 4.73. The topological polar surface area (TPSA) is 48.0 Å². The zero-order valence-electron chi connectivity index (χ0n) is 18.4. The number of anilines is 1. The number of rotatable bonds is 7. The van der Waals surface area contributed by atoms with Gasteiger partial charge in [-0.2, -0.15) is 0 Å². The average Bonchev–Trinajstić information content (AvgIpc) is 2.80. The Hall–Kier alpha value is -3.54. The molecule has 0 aliphatic carbocycles. The Kier molecular flexibility index (Phi) is 6.30. The van der Waals surface area contributed by atoms with E-state index in [-0.39, 0.29) is 18.1 Å². The number of carbonyl (C=O) groups is 1. The molecule has 0 saturated heterocycles. The van der Waals surface area contributed by atoms with Crippen molar-refractivity contribution < 1.29 is 23.4 Å². The van der Waals surface area contributed by atoms with Crippen molar-refractivity contribution in [2.45, 2.75) is 26.3 Å². The highest BCUT2D eigenvalue weighted by Crippen LogP contribution is 2.44. The van der Waals surface area contributed by atoms with Crippen LogP contribution in [-0.2, 0) is 11.2 Å². The number of halogens is 1. The number of carbonyl (C=O) groups excluding carboxylic acids is 1. The minimum Gasteiger partial charge on any atom is -0.497 e. The van der Waals surface area contributed by atoms with E-state index in [1.807, 2.05) is 38.1 Å². The maximum atomic E-state index is 15.0. The summed E-state index contributed by atoms with van der Waals surface area (Å²) in [5.74, 6) is 1.36. The van der Waals surface area contributed by atoms with Gasteiger partial charge >= 0.3 is 0 Å². The van der Waals surface area contributed by atoms with E-state index in [4.69, 9.17) is 14.2 Å². The number of methoxy groups -OCH3 is 1. The van der Waals surface area contributed by atoms with E-state index in [1.165, 1.54) is 6.07 Å². The van der Waals surface area contributed by atoms with E-state index in [9.17, 15) is 4.79 Å². The van der Waals surface area contributed by atoms with Crippen molar-refractivity contribution in [3.05, 3.63) is 83.2 Å². The third kappa shape index (κ3) is 4.00. The Labute approximate surface area is 187 Å². The number of amides is 1. The fourth-order valence-corrected chi connectivity index (χ4v) is 4.13. The first-order chi connectivity index (χ1) is 15.6. The van der Waals surface area contributed by atoms with Crippen LogP contribution in [0.4, 0.5) is 10.1 Å². The summed E-state index contributed by atoms with van der Waals surface area (Å²) in [6, 6.07) is 16.9. The van der Waals surface area contributed by atoms with Crippen LogP contribution in [0.1, 0.15) is 36.6 Å². The predicted molar refractivity (Wildman–Crippen MR) is 121 cm³/mol. The molecule has 0 bridgehead atoms. The molecule has 3 aromatic carbocycles. The third-order valence-corrected chi connectivity index (χ3v) is 5.52. The normalized spacial score (nSPS) is 15.3. The zero-order chi connectivity index (χ0) is 22.7. The van der Waals surface area contributed by atoms with Gasteiger partial charge in [0, 0.05) is 11.3 Å². The zero-order valence-corrected chi connectivity index (χ0v) is 18.4. The summed E-state index contributed by atoms with van der Waals surface area (Å²) in [6.07, 6.45) is 0.179. The van der Waals surface area contributed by atoms with E-state index in [0.717, 1.165) is 11.1 Å². The Morgan fingerprint density at radius 1 is 0.938 bits per heavy atom. The molecule has 0 radical (unpaired) electrons. The molecule has 1 amide bonds. The highest BCUT2D eigenvalue weighted by Gasteiger charge is 2.37. The Morgan fingerprint density at radius 2 is 1.59 bits per heavy atom. The van der Waals surface area contributed by atoms with Gasteiger partial charge in [-0.05, 0) is 67.4 Å². The largest absolute Gasteiger partial charge is 0.497 e. The molecule has 5 nitrogen and oxygen atoms in total. The molecule has 4 rings (SSSR count). The first kappa shape index (κ1) is 21.7. The summed E-state index contributed by atoms with van der Waals surface area (Å²) in [4.78, 5) is 15.0. The lowest BCUT2D eigenvalue weighted by Crippen LogP contribution is -2.41. The maximum Gasteiger partial charge on any atom is 0.232 e. The van der Waals surface area contributed by atoms with Crippen LogP contribution in [0.2, 0.25) is 0 Å². The van der Waals surface area contributed by atoms with Crippen LogP contribution in [0.15, 0.2) is 60.7 Å². The monoisotopic (exact) mass is 435 g/mol. The minimum atomic E-state index is -0.643. The molecule has 1 atom stereocenters. The molecule has 6 heteroatoms. The molecule has 1 heterocycles. The summed E-state index contributed by atoms with van der Waals surface area (Å²) in [5, 5.41) is 0. The first-order valence-electron chi connectivity index (χ1n) is 10.7. The van der Waals surface area contributed by atoms with Crippen LogP contribution in [-0.4, -0.2) is 26.2 Å². The quantitative estimate of drug-likeness (QED) is 0.505. The first-order valence-corrected chi connectivity index (χ1v) is 10.7. The predicted octanol–water partition coefficient (Wildman–Crippen LogP) is 5.31. The fraction of sp³-hybridized carbons (Fsp3) is 0.269. The minimum absolute atomic E-state index is 0.123. The van der Waals surface area contributed by atoms with E-state index in [1.54, 1.807) is 42.3 Å². The van der Waals surface area contributed by atoms with Crippen molar-refractivity contribution in [1.82, 2.24) is 0 Å². The Bertz CT molecular complexity index is 1110. The lowest BCUT2D eigenvalue weighted by Gasteiger charge is -2.38. The van der Waals surface area contributed by atoms with Gasteiger partial charge in [0.05, 0.1) is 32.8 Å². The number of benzene rings is 3. The van der Waals surface area contributed by atoms with Crippen molar-refractivity contribution in [2.24, 2.45) is 0 Å². The van der Waals surface area contributed by atoms with Gasteiger partial charge in [0.25, 0.3) is 0 Å². The molecule has 1 aliphatic rings. The average molecular weight is 435 g/mol. The van der Waals surface area contributed by atoms with Crippen molar-refractivity contribution in [3.63, 3.8) is 0 Å². The summed E-state index contributed by atoms with van der Waals surface area (Å²) in [7, 11) is 1.59. The number of ether oxygens (including phenoxy) is 3. The van der Waals surface area contributed by atoms with Gasteiger partial charge in [-0.1, -0.05) is 18.2 Å². The molecule has 0 aromatic heterocycles. The van der Waals surface area contributed by atoms with Crippen LogP contribution in [0, 0.1) is 5.82 Å². The Balaban J connectivity index is 1.92. The lowest BCUT2D eigenvalue weighted by molar-refractivity contribution is -0.118. The number of nitrogens with zero attached hydrogens (tertiary/aromatic N) is 1. The molecular formula is C26H26FNO4. The van der Waals surface area contributed by atoms with Crippen LogP contribution >= 0.6 is 0 Å². The van der Waals surface area contributed by atoms with Crippen molar-refractivity contribution in [3.8, 4) is 17.2 Å². The smallest absolute Gasteiger partial charge is 0.232 e. The highest BCUT2D eigenvalue weighted by molar-refractivity contribution is 5.98. The van der Waals surface area contributed by atoms with Crippen LogP contribution < -0.4 is 19.1 Å². The van der Waals surface area contributed by atoms with Gasteiger partial charge < -0.3 is 19.1 Å². The second-order valence-corrected chi connectivity index (χ2v) is 7.43. The third-order valence-electron chi connectivity index (χ3n) is 5.52. The molecule has 0 fully saturated rings. The van der Waals surface area contributed by atoms with Crippen molar-refractivity contribution in [1.29, 1.82) is 0 Å². The van der Waals surface area contributed by atoms with Crippen LogP contribution in [0.25, 0.3) is 0 Å². The van der Waals surface area contributed by atoms with Gasteiger partial charge in [0.2, 0.25) is 5.91 Å². The molecule has 166 valence electrons. The molecular weight excluding hydrogens is 409 g/mol. The van der Waals surface area contributed by atoms with E-state index >= 15 is 4.39 Å². The molecule has 0 spiro atoms. The van der Waals surface area contributed by atoms with Crippen molar-refractivity contribution >= 4 is 11.6 Å². The summed E-state index contributed by atoms with van der Waals surface area (Å²) in [5.41, 5.74) is 2.71. The Morgan fingerprint density at radius 3 is 2.22 bits per heavy atom.